The Labute approximate surface area is 130 Å². The number of carbonyl (C=O) groups is 1. The van der Waals surface area contributed by atoms with Gasteiger partial charge in [-0.15, -0.1) is 11.8 Å². The molecule has 0 radical (unpaired) electrons. The Hall–Kier alpha value is -1.94. The van der Waals surface area contributed by atoms with Gasteiger partial charge in [-0.25, -0.2) is 0 Å². The fourth-order valence-electron chi connectivity index (χ4n) is 1.97. The van der Waals surface area contributed by atoms with Crippen molar-refractivity contribution in [1.29, 1.82) is 0 Å². The maximum Gasteiger partial charge on any atom is 0.242 e. The topological polar surface area (TPSA) is 41.1 Å². The standard InChI is InChI=1S/C17H20N2OS/c1-13(19-15-9-6-10-16(11-15)21-2)17(20)18-12-14-7-4-3-5-8-14/h3-11,13,19H,12H2,1-2H3,(H,18,20)/t13-/m0/s1. The van der Waals surface area contributed by atoms with Crippen LogP contribution in [0.15, 0.2) is 59.5 Å². The van der Waals surface area contributed by atoms with Crippen molar-refractivity contribution in [3.8, 4) is 0 Å². The average molecular weight is 300 g/mol. The summed E-state index contributed by atoms with van der Waals surface area (Å²) in [5, 5.41) is 6.17. The van der Waals surface area contributed by atoms with Crippen molar-refractivity contribution in [3.63, 3.8) is 0 Å². The summed E-state index contributed by atoms with van der Waals surface area (Å²) in [7, 11) is 0. The van der Waals surface area contributed by atoms with Gasteiger partial charge in [0.25, 0.3) is 0 Å². The highest BCUT2D eigenvalue weighted by Gasteiger charge is 2.12. The summed E-state index contributed by atoms with van der Waals surface area (Å²) < 4.78 is 0. The van der Waals surface area contributed by atoms with Crippen LogP contribution < -0.4 is 10.6 Å². The molecular weight excluding hydrogens is 280 g/mol. The van der Waals surface area contributed by atoms with Crippen molar-refractivity contribution in [3.05, 3.63) is 60.2 Å². The molecule has 0 spiro atoms. The van der Waals surface area contributed by atoms with Gasteiger partial charge < -0.3 is 10.6 Å². The fraction of sp³-hybridized carbons (Fsp3) is 0.235. The lowest BCUT2D eigenvalue weighted by molar-refractivity contribution is -0.121. The minimum absolute atomic E-state index is 0.00610. The molecule has 0 aliphatic carbocycles. The first-order valence-electron chi connectivity index (χ1n) is 6.91. The summed E-state index contributed by atoms with van der Waals surface area (Å²) >= 11 is 1.69. The first kappa shape index (κ1) is 15.4. The second-order valence-electron chi connectivity index (χ2n) is 4.80. The number of anilines is 1. The largest absolute Gasteiger partial charge is 0.374 e. The van der Waals surface area contributed by atoms with E-state index in [1.54, 1.807) is 11.8 Å². The van der Waals surface area contributed by atoms with Gasteiger partial charge in [0.1, 0.15) is 6.04 Å². The number of thioether (sulfide) groups is 1. The van der Waals surface area contributed by atoms with Crippen molar-refractivity contribution < 1.29 is 4.79 Å². The number of hydrogen-bond donors (Lipinski definition) is 2. The van der Waals surface area contributed by atoms with Gasteiger partial charge in [0.2, 0.25) is 5.91 Å². The molecule has 110 valence electrons. The van der Waals surface area contributed by atoms with Gasteiger partial charge in [-0.05, 0) is 36.9 Å². The average Bonchev–Trinajstić information content (AvgIpc) is 2.53. The molecule has 0 fully saturated rings. The quantitative estimate of drug-likeness (QED) is 0.802. The first-order valence-corrected chi connectivity index (χ1v) is 8.14. The highest BCUT2D eigenvalue weighted by atomic mass is 32.2. The first-order chi connectivity index (χ1) is 10.2. The van der Waals surface area contributed by atoms with Gasteiger partial charge >= 0.3 is 0 Å². The highest BCUT2D eigenvalue weighted by Crippen LogP contribution is 2.19. The van der Waals surface area contributed by atoms with Crippen LogP contribution in [0.5, 0.6) is 0 Å². The summed E-state index contributed by atoms with van der Waals surface area (Å²) in [5.41, 5.74) is 2.06. The number of carbonyl (C=O) groups excluding carboxylic acids is 1. The Morgan fingerprint density at radius 3 is 2.62 bits per heavy atom. The molecule has 1 amide bonds. The van der Waals surface area contributed by atoms with Crippen molar-refractivity contribution in [2.75, 3.05) is 11.6 Å². The lowest BCUT2D eigenvalue weighted by atomic mass is 10.2. The van der Waals surface area contributed by atoms with Crippen LogP contribution in [0.3, 0.4) is 0 Å². The van der Waals surface area contributed by atoms with Gasteiger partial charge in [-0.2, -0.15) is 0 Å². The van der Waals surface area contributed by atoms with Crippen molar-refractivity contribution in [1.82, 2.24) is 5.32 Å². The van der Waals surface area contributed by atoms with E-state index in [4.69, 9.17) is 0 Å². The Balaban J connectivity index is 1.87. The SMILES string of the molecule is CSc1cccc(N[C@@H](C)C(=O)NCc2ccccc2)c1. The molecule has 0 saturated carbocycles. The van der Waals surface area contributed by atoms with Crippen molar-refractivity contribution in [2.24, 2.45) is 0 Å². The Morgan fingerprint density at radius 2 is 1.90 bits per heavy atom. The van der Waals surface area contributed by atoms with Crippen molar-refractivity contribution in [2.45, 2.75) is 24.4 Å². The molecule has 2 rings (SSSR count). The van der Waals surface area contributed by atoms with Crippen LogP contribution in [0, 0.1) is 0 Å². The van der Waals surface area contributed by atoms with Gasteiger partial charge in [0, 0.05) is 17.1 Å². The molecule has 0 aliphatic heterocycles. The molecule has 2 aromatic carbocycles. The molecule has 1 atom stereocenters. The zero-order chi connectivity index (χ0) is 15.1. The normalized spacial score (nSPS) is 11.7. The summed E-state index contributed by atoms with van der Waals surface area (Å²) in [5.74, 6) is -0.00610. The van der Waals surface area contributed by atoms with Crippen molar-refractivity contribution >= 4 is 23.4 Å². The number of hydrogen-bond acceptors (Lipinski definition) is 3. The summed E-state index contributed by atoms with van der Waals surface area (Å²) in [6.07, 6.45) is 2.04. The van der Waals surface area contributed by atoms with E-state index in [-0.39, 0.29) is 11.9 Å². The third kappa shape index (κ3) is 4.83. The molecule has 21 heavy (non-hydrogen) atoms. The molecule has 0 unspecified atom stereocenters. The van der Waals surface area contributed by atoms with E-state index in [9.17, 15) is 4.79 Å². The van der Waals surface area contributed by atoms with E-state index >= 15 is 0 Å². The van der Waals surface area contributed by atoms with E-state index in [2.05, 4.69) is 16.7 Å². The van der Waals surface area contributed by atoms with Crippen LogP contribution in [0.1, 0.15) is 12.5 Å². The van der Waals surface area contributed by atoms with E-state index in [0.29, 0.717) is 6.54 Å². The van der Waals surface area contributed by atoms with E-state index in [0.717, 1.165) is 11.3 Å². The van der Waals surface area contributed by atoms with Gasteiger partial charge in [0.15, 0.2) is 0 Å². The van der Waals surface area contributed by atoms with E-state index < -0.39 is 0 Å². The van der Waals surface area contributed by atoms with Crippen LogP contribution in [-0.2, 0) is 11.3 Å². The van der Waals surface area contributed by atoms with Crippen LogP contribution in [0.4, 0.5) is 5.69 Å². The zero-order valence-electron chi connectivity index (χ0n) is 12.3. The van der Waals surface area contributed by atoms with Crippen LogP contribution in [0.25, 0.3) is 0 Å². The third-order valence-electron chi connectivity index (χ3n) is 3.16. The predicted molar refractivity (Wildman–Crippen MR) is 89.6 cm³/mol. The second kappa shape index (κ2) is 7.74. The molecule has 0 aliphatic rings. The molecule has 0 saturated heterocycles. The maximum absolute atomic E-state index is 12.1. The Bertz CT molecular complexity index is 586. The smallest absolute Gasteiger partial charge is 0.242 e. The fourth-order valence-corrected chi connectivity index (χ4v) is 2.43. The summed E-state index contributed by atoms with van der Waals surface area (Å²) in [6, 6.07) is 17.7. The molecule has 2 aromatic rings. The van der Waals surface area contributed by atoms with E-state index in [1.807, 2.05) is 61.7 Å². The lowest BCUT2D eigenvalue weighted by Gasteiger charge is -2.15. The Morgan fingerprint density at radius 1 is 1.14 bits per heavy atom. The molecule has 0 bridgehead atoms. The Kier molecular flexibility index (Phi) is 5.69. The predicted octanol–water partition coefficient (Wildman–Crippen LogP) is 3.53. The monoisotopic (exact) mass is 300 g/mol. The molecule has 0 aromatic heterocycles. The summed E-state index contributed by atoms with van der Waals surface area (Å²) in [6.45, 7) is 2.42. The summed E-state index contributed by atoms with van der Waals surface area (Å²) in [4.78, 5) is 13.3. The maximum atomic E-state index is 12.1. The lowest BCUT2D eigenvalue weighted by Crippen LogP contribution is -2.37. The molecule has 2 N–H and O–H groups in total. The third-order valence-corrected chi connectivity index (χ3v) is 3.88. The minimum atomic E-state index is -0.272. The van der Waals surface area contributed by atoms with Crippen LogP contribution in [0.2, 0.25) is 0 Å². The van der Waals surface area contributed by atoms with Gasteiger partial charge in [0.05, 0.1) is 0 Å². The van der Waals surface area contributed by atoms with E-state index in [1.165, 1.54) is 4.90 Å². The minimum Gasteiger partial charge on any atom is -0.374 e. The van der Waals surface area contributed by atoms with Gasteiger partial charge in [-0.3, -0.25) is 4.79 Å². The zero-order valence-corrected chi connectivity index (χ0v) is 13.1. The second-order valence-corrected chi connectivity index (χ2v) is 5.68. The number of nitrogens with one attached hydrogen (secondary N) is 2. The molecule has 4 heteroatoms. The number of rotatable bonds is 6. The molecular formula is C17H20N2OS. The van der Waals surface area contributed by atoms with Crippen LogP contribution >= 0.6 is 11.8 Å². The number of amides is 1. The molecule has 0 heterocycles. The molecule has 3 nitrogen and oxygen atoms in total. The number of benzene rings is 2. The van der Waals surface area contributed by atoms with Crippen LogP contribution in [-0.4, -0.2) is 18.2 Å². The van der Waals surface area contributed by atoms with Gasteiger partial charge in [-0.1, -0.05) is 36.4 Å². The highest BCUT2D eigenvalue weighted by molar-refractivity contribution is 7.98.